The lowest BCUT2D eigenvalue weighted by atomic mass is 9.87. The van der Waals surface area contributed by atoms with Crippen molar-refractivity contribution in [3.63, 3.8) is 0 Å². The van der Waals surface area contributed by atoms with Gasteiger partial charge in [0.25, 0.3) is 0 Å². The first-order chi connectivity index (χ1) is 7.68. The van der Waals surface area contributed by atoms with Gasteiger partial charge in [0, 0.05) is 0 Å². The van der Waals surface area contributed by atoms with E-state index in [0.717, 1.165) is 19.3 Å². The van der Waals surface area contributed by atoms with Gasteiger partial charge >= 0.3 is 0 Å². The van der Waals surface area contributed by atoms with Crippen LogP contribution in [0.25, 0.3) is 0 Å². The summed E-state index contributed by atoms with van der Waals surface area (Å²) in [5, 5.41) is 10.4. The second kappa shape index (κ2) is 10.1. The lowest BCUT2D eigenvalue weighted by molar-refractivity contribution is 0.0140. The summed E-state index contributed by atoms with van der Waals surface area (Å²) < 4.78 is 0. The number of hydrogen-bond donors (Lipinski definition) is 1. The van der Waals surface area contributed by atoms with Crippen molar-refractivity contribution in [1.29, 1.82) is 0 Å². The van der Waals surface area contributed by atoms with Crippen LogP contribution in [0.2, 0.25) is 0 Å². The van der Waals surface area contributed by atoms with Gasteiger partial charge in [-0.15, -0.1) is 0 Å². The van der Waals surface area contributed by atoms with Gasteiger partial charge in [-0.1, -0.05) is 72.1 Å². The van der Waals surface area contributed by atoms with E-state index < -0.39 is 0 Å². The highest BCUT2D eigenvalue weighted by Crippen LogP contribution is 2.25. The van der Waals surface area contributed by atoms with Gasteiger partial charge in [0.2, 0.25) is 0 Å². The summed E-state index contributed by atoms with van der Waals surface area (Å²) in [6.07, 6.45) is 13.1. The lowest BCUT2D eigenvalue weighted by Crippen LogP contribution is -2.27. The second-order valence-corrected chi connectivity index (χ2v) is 5.20. The molecule has 0 saturated heterocycles. The van der Waals surface area contributed by atoms with E-state index in [1.807, 2.05) is 0 Å². The molecule has 16 heavy (non-hydrogen) atoms. The van der Waals surface area contributed by atoms with Crippen molar-refractivity contribution in [3.8, 4) is 0 Å². The van der Waals surface area contributed by atoms with Crippen LogP contribution in [0, 0.1) is 0 Å². The number of rotatable bonds is 11. The number of aliphatic hydroxyl groups is 1. The van der Waals surface area contributed by atoms with Gasteiger partial charge in [-0.25, -0.2) is 0 Å². The fraction of sp³-hybridized carbons (Fsp3) is 1.00. The van der Waals surface area contributed by atoms with E-state index in [1.54, 1.807) is 0 Å². The Morgan fingerprint density at radius 2 is 1.12 bits per heavy atom. The monoisotopic (exact) mass is 228 g/mol. The predicted octanol–water partition coefficient (Wildman–Crippen LogP) is 5.07. The summed E-state index contributed by atoms with van der Waals surface area (Å²) in [5.41, 5.74) is -0.360. The minimum absolute atomic E-state index is 0.360. The molecule has 0 amide bonds. The minimum atomic E-state index is -0.360. The molecule has 0 aromatic rings. The van der Waals surface area contributed by atoms with Crippen LogP contribution in [-0.4, -0.2) is 10.7 Å². The Morgan fingerprint density at radius 3 is 1.44 bits per heavy atom. The highest BCUT2D eigenvalue weighted by atomic mass is 16.3. The molecule has 0 fully saturated rings. The van der Waals surface area contributed by atoms with Crippen LogP contribution >= 0.6 is 0 Å². The predicted molar refractivity (Wildman–Crippen MR) is 72.8 cm³/mol. The van der Waals surface area contributed by atoms with Gasteiger partial charge in [-0.05, 0) is 19.3 Å². The van der Waals surface area contributed by atoms with Crippen LogP contribution in [0.4, 0.5) is 0 Å². The molecule has 0 saturated carbocycles. The van der Waals surface area contributed by atoms with Crippen molar-refractivity contribution in [2.45, 2.75) is 97.0 Å². The Balaban J connectivity index is 3.64. The van der Waals surface area contributed by atoms with E-state index in [-0.39, 0.29) is 5.60 Å². The Morgan fingerprint density at radius 1 is 0.688 bits per heavy atom. The molecule has 0 unspecified atom stereocenters. The average molecular weight is 228 g/mol. The molecule has 0 radical (unpaired) electrons. The molecule has 0 aliphatic heterocycles. The van der Waals surface area contributed by atoms with Gasteiger partial charge in [0.05, 0.1) is 5.60 Å². The van der Waals surface area contributed by atoms with E-state index >= 15 is 0 Å². The Kier molecular flexibility index (Phi) is 10.1. The molecule has 0 rings (SSSR count). The molecule has 1 nitrogen and oxygen atoms in total. The second-order valence-electron chi connectivity index (χ2n) is 5.20. The van der Waals surface area contributed by atoms with Crippen molar-refractivity contribution >= 4 is 0 Å². The standard InChI is InChI=1S/C15H32O/c1-4-7-9-11-13-15(16,6-3)14-12-10-8-5-2/h16H,4-14H2,1-3H3. The largest absolute Gasteiger partial charge is 0.390 e. The normalized spacial score (nSPS) is 12.0. The van der Waals surface area contributed by atoms with Crippen molar-refractivity contribution in [1.82, 2.24) is 0 Å². The molecular formula is C15H32O. The first-order valence-corrected chi connectivity index (χ1v) is 7.41. The topological polar surface area (TPSA) is 20.2 Å². The van der Waals surface area contributed by atoms with Crippen LogP contribution < -0.4 is 0 Å². The SMILES string of the molecule is CCCCCCC(O)(CC)CCCCCC. The van der Waals surface area contributed by atoms with Crippen LogP contribution in [-0.2, 0) is 0 Å². The quantitative estimate of drug-likeness (QED) is 0.490. The summed E-state index contributed by atoms with van der Waals surface area (Å²) in [6, 6.07) is 0. The molecule has 0 aromatic carbocycles. The van der Waals surface area contributed by atoms with Gasteiger partial charge in [0.1, 0.15) is 0 Å². The maximum absolute atomic E-state index is 10.4. The molecule has 0 spiro atoms. The van der Waals surface area contributed by atoms with E-state index in [4.69, 9.17) is 0 Å². The van der Waals surface area contributed by atoms with Gasteiger partial charge in [0.15, 0.2) is 0 Å². The lowest BCUT2D eigenvalue weighted by Gasteiger charge is -2.27. The summed E-state index contributed by atoms with van der Waals surface area (Å²) in [6.45, 7) is 6.59. The summed E-state index contributed by atoms with van der Waals surface area (Å²) >= 11 is 0. The highest BCUT2D eigenvalue weighted by molar-refractivity contribution is 4.76. The highest BCUT2D eigenvalue weighted by Gasteiger charge is 2.22. The molecule has 0 atom stereocenters. The molecule has 1 N–H and O–H groups in total. The van der Waals surface area contributed by atoms with Crippen LogP contribution in [0.3, 0.4) is 0 Å². The van der Waals surface area contributed by atoms with Crippen LogP contribution in [0.5, 0.6) is 0 Å². The maximum atomic E-state index is 10.4. The fourth-order valence-corrected chi connectivity index (χ4v) is 2.24. The van der Waals surface area contributed by atoms with Crippen LogP contribution in [0.15, 0.2) is 0 Å². The molecule has 0 aliphatic carbocycles. The van der Waals surface area contributed by atoms with Crippen molar-refractivity contribution in [3.05, 3.63) is 0 Å². The van der Waals surface area contributed by atoms with Gasteiger partial charge < -0.3 is 5.11 Å². The van der Waals surface area contributed by atoms with Crippen molar-refractivity contribution in [2.24, 2.45) is 0 Å². The third-order valence-electron chi connectivity index (χ3n) is 3.65. The minimum Gasteiger partial charge on any atom is -0.390 e. The molecule has 0 aromatic heterocycles. The number of unbranched alkanes of at least 4 members (excludes halogenated alkanes) is 6. The zero-order valence-corrected chi connectivity index (χ0v) is 11.7. The zero-order valence-electron chi connectivity index (χ0n) is 11.7. The first-order valence-electron chi connectivity index (χ1n) is 7.41. The van der Waals surface area contributed by atoms with E-state index in [9.17, 15) is 5.11 Å². The van der Waals surface area contributed by atoms with Crippen LogP contribution in [0.1, 0.15) is 91.4 Å². The van der Waals surface area contributed by atoms with E-state index in [1.165, 1.54) is 51.4 Å². The molecule has 0 bridgehead atoms. The summed E-state index contributed by atoms with van der Waals surface area (Å²) in [7, 11) is 0. The average Bonchev–Trinajstić information content (AvgIpc) is 2.31. The third kappa shape index (κ3) is 8.15. The third-order valence-corrected chi connectivity index (χ3v) is 3.65. The summed E-state index contributed by atoms with van der Waals surface area (Å²) in [5.74, 6) is 0. The Bertz CT molecular complexity index is 130. The molecule has 98 valence electrons. The molecular weight excluding hydrogens is 196 g/mol. The van der Waals surface area contributed by atoms with E-state index in [2.05, 4.69) is 20.8 Å². The molecule has 1 heteroatoms. The van der Waals surface area contributed by atoms with Crippen molar-refractivity contribution < 1.29 is 5.11 Å². The fourth-order valence-electron chi connectivity index (χ4n) is 2.24. The Hall–Kier alpha value is -0.0400. The smallest absolute Gasteiger partial charge is 0.0645 e. The molecule has 0 aliphatic rings. The zero-order chi connectivity index (χ0) is 12.3. The van der Waals surface area contributed by atoms with Gasteiger partial charge in [-0.3, -0.25) is 0 Å². The van der Waals surface area contributed by atoms with Gasteiger partial charge in [-0.2, -0.15) is 0 Å². The van der Waals surface area contributed by atoms with E-state index in [0.29, 0.717) is 0 Å². The Labute approximate surface area is 103 Å². The number of hydrogen-bond acceptors (Lipinski definition) is 1. The van der Waals surface area contributed by atoms with Crippen molar-refractivity contribution in [2.75, 3.05) is 0 Å². The summed E-state index contributed by atoms with van der Waals surface area (Å²) in [4.78, 5) is 0. The molecule has 0 heterocycles. The maximum Gasteiger partial charge on any atom is 0.0645 e. The first kappa shape index (κ1) is 16.0.